The zero-order valence-electron chi connectivity index (χ0n) is 11.9. The zero-order chi connectivity index (χ0) is 13.9. The van der Waals surface area contributed by atoms with Gasteiger partial charge in [0.15, 0.2) is 0 Å². The number of carbonyl (C=O) groups excluding carboxylic acids is 1. The fourth-order valence-corrected chi connectivity index (χ4v) is 3.08. The van der Waals surface area contributed by atoms with Crippen molar-refractivity contribution in [3.8, 4) is 5.75 Å². The predicted molar refractivity (Wildman–Crippen MR) is 78.2 cm³/mol. The second-order valence-corrected chi connectivity index (χ2v) is 5.77. The Morgan fingerprint density at radius 1 is 1.40 bits per heavy atom. The number of hydrogen-bond donors (Lipinski definition) is 2. The molecule has 2 aliphatic heterocycles. The summed E-state index contributed by atoms with van der Waals surface area (Å²) in [6, 6.07) is 5.96. The van der Waals surface area contributed by atoms with Gasteiger partial charge in [-0.3, -0.25) is 4.79 Å². The van der Waals surface area contributed by atoms with Crippen molar-refractivity contribution in [1.82, 2.24) is 10.6 Å². The molecule has 1 aromatic carbocycles. The van der Waals surface area contributed by atoms with Crippen molar-refractivity contribution >= 4 is 5.91 Å². The lowest BCUT2D eigenvalue weighted by atomic mass is 9.91. The molecule has 1 unspecified atom stereocenters. The Kier molecular flexibility index (Phi) is 3.92. The normalized spacial score (nSPS) is 20.1. The molecule has 4 heteroatoms. The van der Waals surface area contributed by atoms with Crippen molar-refractivity contribution in [3.63, 3.8) is 0 Å². The van der Waals surface area contributed by atoms with Crippen LogP contribution in [0.5, 0.6) is 5.75 Å². The van der Waals surface area contributed by atoms with Gasteiger partial charge in [0.2, 0.25) is 0 Å². The highest BCUT2D eigenvalue weighted by atomic mass is 16.5. The summed E-state index contributed by atoms with van der Waals surface area (Å²) in [5.74, 6) is 1.54. The molecule has 2 aliphatic rings. The Morgan fingerprint density at radius 2 is 2.20 bits per heavy atom. The van der Waals surface area contributed by atoms with Crippen molar-refractivity contribution in [2.45, 2.75) is 32.2 Å². The van der Waals surface area contributed by atoms with Crippen LogP contribution in [-0.2, 0) is 6.42 Å². The van der Waals surface area contributed by atoms with Crippen LogP contribution in [0.3, 0.4) is 0 Å². The van der Waals surface area contributed by atoms with Crippen LogP contribution in [0.4, 0.5) is 0 Å². The van der Waals surface area contributed by atoms with Crippen LogP contribution < -0.4 is 15.4 Å². The third kappa shape index (κ3) is 2.80. The Balaban J connectivity index is 1.63. The van der Waals surface area contributed by atoms with E-state index in [0.29, 0.717) is 5.92 Å². The first-order chi connectivity index (χ1) is 9.74. The number of benzene rings is 1. The van der Waals surface area contributed by atoms with E-state index in [2.05, 4.69) is 17.6 Å². The average molecular weight is 274 g/mol. The number of piperidine rings is 1. The molecule has 1 aromatic rings. The molecule has 1 atom stereocenters. The van der Waals surface area contributed by atoms with Gasteiger partial charge in [-0.25, -0.2) is 0 Å². The van der Waals surface area contributed by atoms with E-state index in [-0.39, 0.29) is 11.9 Å². The van der Waals surface area contributed by atoms with Crippen LogP contribution in [0.25, 0.3) is 0 Å². The molecule has 0 radical (unpaired) electrons. The van der Waals surface area contributed by atoms with E-state index in [0.717, 1.165) is 55.8 Å². The molecule has 2 heterocycles. The number of carbonyl (C=O) groups is 1. The van der Waals surface area contributed by atoms with Gasteiger partial charge in [0.25, 0.3) is 5.91 Å². The van der Waals surface area contributed by atoms with Crippen molar-refractivity contribution in [1.29, 1.82) is 0 Å². The number of fused-ring (bicyclic) bond motifs is 1. The van der Waals surface area contributed by atoms with Gasteiger partial charge in [-0.2, -0.15) is 0 Å². The minimum absolute atomic E-state index is 0.0331. The molecule has 4 nitrogen and oxygen atoms in total. The van der Waals surface area contributed by atoms with E-state index in [1.165, 1.54) is 0 Å². The smallest absolute Gasteiger partial charge is 0.251 e. The Hall–Kier alpha value is -1.55. The van der Waals surface area contributed by atoms with Gasteiger partial charge in [-0.15, -0.1) is 0 Å². The first-order valence-corrected chi connectivity index (χ1v) is 7.51. The summed E-state index contributed by atoms with van der Waals surface area (Å²) in [6.45, 7) is 4.96. The number of hydrogen-bond acceptors (Lipinski definition) is 3. The largest absolute Gasteiger partial charge is 0.493 e. The fraction of sp³-hybridized carbons (Fsp3) is 0.562. The predicted octanol–water partition coefficient (Wildman–Crippen LogP) is 1.74. The molecule has 2 N–H and O–H groups in total. The highest BCUT2D eigenvalue weighted by molar-refractivity contribution is 5.94. The van der Waals surface area contributed by atoms with Crippen LogP contribution in [-0.4, -0.2) is 31.6 Å². The Morgan fingerprint density at radius 3 is 3.00 bits per heavy atom. The maximum absolute atomic E-state index is 12.3. The van der Waals surface area contributed by atoms with Gasteiger partial charge < -0.3 is 15.4 Å². The van der Waals surface area contributed by atoms with Crippen LogP contribution in [0.15, 0.2) is 18.2 Å². The molecule has 0 aromatic heterocycles. The van der Waals surface area contributed by atoms with Crippen LogP contribution >= 0.6 is 0 Å². The second kappa shape index (κ2) is 5.83. The van der Waals surface area contributed by atoms with E-state index >= 15 is 0 Å². The standard InChI is InChI=1S/C16H22N2O2/c1-11(12-4-7-17-8-5-12)18-16(19)14-2-3-15-13(10-14)6-9-20-15/h2-3,10-12,17H,4-9H2,1H3,(H,18,19). The molecule has 1 amide bonds. The second-order valence-electron chi connectivity index (χ2n) is 5.77. The first-order valence-electron chi connectivity index (χ1n) is 7.51. The average Bonchev–Trinajstić information content (AvgIpc) is 2.95. The molecule has 1 saturated heterocycles. The summed E-state index contributed by atoms with van der Waals surface area (Å²) in [6.07, 6.45) is 3.18. The molecule has 20 heavy (non-hydrogen) atoms. The highest BCUT2D eigenvalue weighted by Crippen LogP contribution is 2.26. The van der Waals surface area contributed by atoms with E-state index < -0.39 is 0 Å². The SMILES string of the molecule is CC(NC(=O)c1ccc2c(c1)CCO2)C1CCNCC1. The molecular weight excluding hydrogens is 252 g/mol. The minimum Gasteiger partial charge on any atom is -0.493 e. The Labute approximate surface area is 119 Å². The number of rotatable bonds is 3. The fourth-order valence-electron chi connectivity index (χ4n) is 3.08. The lowest BCUT2D eigenvalue weighted by Crippen LogP contribution is -2.42. The van der Waals surface area contributed by atoms with Crippen LogP contribution in [0.2, 0.25) is 0 Å². The van der Waals surface area contributed by atoms with E-state index in [1.54, 1.807) is 0 Å². The molecule has 3 rings (SSSR count). The third-order valence-corrected chi connectivity index (χ3v) is 4.40. The molecule has 0 bridgehead atoms. The molecule has 0 spiro atoms. The first kappa shape index (κ1) is 13.4. The molecule has 108 valence electrons. The topological polar surface area (TPSA) is 50.4 Å². The van der Waals surface area contributed by atoms with Gasteiger partial charge in [-0.05, 0) is 62.5 Å². The molecule has 0 saturated carbocycles. The van der Waals surface area contributed by atoms with Crippen LogP contribution in [0, 0.1) is 5.92 Å². The molecular formula is C16H22N2O2. The van der Waals surface area contributed by atoms with Crippen molar-refractivity contribution in [2.24, 2.45) is 5.92 Å². The summed E-state index contributed by atoms with van der Waals surface area (Å²) in [5, 5.41) is 6.51. The van der Waals surface area contributed by atoms with Gasteiger partial charge in [-0.1, -0.05) is 0 Å². The maximum Gasteiger partial charge on any atom is 0.251 e. The lowest BCUT2D eigenvalue weighted by Gasteiger charge is -2.28. The molecule has 1 fully saturated rings. The number of nitrogens with one attached hydrogen (secondary N) is 2. The monoisotopic (exact) mass is 274 g/mol. The quantitative estimate of drug-likeness (QED) is 0.882. The van der Waals surface area contributed by atoms with E-state index in [9.17, 15) is 4.79 Å². The maximum atomic E-state index is 12.3. The highest BCUT2D eigenvalue weighted by Gasteiger charge is 2.22. The minimum atomic E-state index is 0.0331. The number of amides is 1. The summed E-state index contributed by atoms with van der Waals surface area (Å²) < 4.78 is 5.47. The van der Waals surface area contributed by atoms with Crippen molar-refractivity contribution in [2.75, 3.05) is 19.7 Å². The summed E-state index contributed by atoms with van der Waals surface area (Å²) in [7, 11) is 0. The summed E-state index contributed by atoms with van der Waals surface area (Å²) >= 11 is 0. The number of ether oxygens (including phenoxy) is 1. The van der Waals surface area contributed by atoms with Gasteiger partial charge in [0.05, 0.1) is 6.61 Å². The lowest BCUT2D eigenvalue weighted by molar-refractivity contribution is 0.0920. The Bertz CT molecular complexity index is 495. The van der Waals surface area contributed by atoms with E-state index in [1.807, 2.05) is 18.2 Å². The summed E-state index contributed by atoms with van der Waals surface area (Å²) in [4.78, 5) is 12.3. The van der Waals surface area contributed by atoms with E-state index in [4.69, 9.17) is 4.74 Å². The van der Waals surface area contributed by atoms with Crippen molar-refractivity contribution in [3.05, 3.63) is 29.3 Å². The summed E-state index contributed by atoms with van der Waals surface area (Å²) in [5.41, 5.74) is 1.89. The van der Waals surface area contributed by atoms with Gasteiger partial charge in [0, 0.05) is 18.0 Å². The van der Waals surface area contributed by atoms with Gasteiger partial charge >= 0.3 is 0 Å². The third-order valence-electron chi connectivity index (χ3n) is 4.40. The van der Waals surface area contributed by atoms with Crippen LogP contribution in [0.1, 0.15) is 35.7 Å². The van der Waals surface area contributed by atoms with Gasteiger partial charge in [0.1, 0.15) is 5.75 Å². The van der Waals surface area contributed by atoms with Crippen molar-refractivity contribution < 1.29 is 9.53 Å². The molecule has 0 aliphatic carbocycles. The zero-order valence-corrected chi connectivity index (χ0v) is 11.9.